The minimum Gasteiger partial charge on any atom is -0.457 e. The van der Waals surface area contributed by atoms with E-state index in [4.69, 9.17) is 18.5 Å². The number of carbonyl (C=O) groups excluding carboxylic acids is 2. The van der Waals surface area contributed by atoms with Gasteiger partial charge in [0, 0.05) is 12.8 Å². The van der Waals surface area contributed by atoms with Crippen LogP contribution in [0.5, 0.6) is 0 Å². The third-order valence-corrected chi connectivity index (χ3v) is 8.73. The Balaban J connectivity index is 4.04. The van der Waals surface area contributed by atoms with Crippen LogP contribution in [0, 0.1) is 0 Å². The van der Waals surface area contributed by atoms with Gasteiger partial charge in [-0.3, -0.25) is 18.6 Å². The molecule has 0 saturated heterocycles. The largest absolute Gasteiger partial charge is 0.472 e. The summed E-state index contributed by atoms with van der Waals surface area (Å²) < 4.78 is 32.4. The Bertz CT molecular complexity index is 978. The smallest absolute Gasteiger partial charge is 0.457 e. The van der Waals surface area contributed by atoms with E-state index in [-0.39, 0.29) is 12.8 Å². The van der Waals surface area contributed by atoms with Crippen molar-refractivity contribution in [2.24, 2.45) is 0 Å². The summed E-state index contributed by atoms with van der Waals surface area (Å²) in [5.41, 5.74) is 0. The summed E-state index contributed by atoms with van der Waals surface area (Å²) in [7, 11) is -4.64. The molecule has 0 aromatic carbocycles. The van der Waals surface area contributed by atoms with E-state index in [0.29, 0.717) is 12.8 Å². The van der Waals surface area contributed by atoms with Crippen molar-refractivity contribution >= 4 is 19.8 Å². The normalized spacial score (nSPS) is 14.6. The van der Waals surface area contributed by atoms with Crippen LogP contribution in [0.25, 0.3) is 0 Å². The number of aliphatic hydroxyl groups is 2. The van der Waals surface area contributed by atoms with Gasteiger partial charge in [0.05, 0.1) is 26.4 Å². The second-order valence-electron chi connectivity index (χ2n) is 12.5. The molecule has 10 nitrogen and oxygen atoms in total. The fourth-order valence-corrected chi connectivity index (χ4v) is 5.61. The van der Waals surface area contributed by atoms with Crippen LogP contribution in [-0.4, -0.2) is 65.7 Å². The van der Waals surface area contributed by atoms with Crippen LogP contribution in [0.3, 0.4) is 0 Å². The number of aliphatic hydroxyl groups excluding tert-OH is 2. The first-order chi connectivity index (χ1) is 24.3. The molecule has 0 fully saturated rings. The van der Waals surface area contributed by atoms with Crippen molar-refractivity contribution in [1.29, 1.82) is 0 Å². The van der Waals surface area contributed by atoms with E-state index >= 15 is 0 Å². The van der Waals surface area contributed by atoms with Gasteiger partial charge < -0.3 is 24.6 Å². The second-order valence-corrected chi connectivity index (χ2v) is 14.0. The van der Waals surface area contributed by atoms with Gasteiger partial charge in [-0.25, -0.2) is 4.57 Å². The number of phosphoric acid groups is 1. The molecule has 290 valence electrons. The minimum absolute atomic E-state index is 0.155. The maximum atomic E-state index is 12.3. The van der Waals surface area contributed by atoms with E-state index in [1.807, 2.05) is 0 Å². The highest BCUT2D eigenvalue weighted by Gasteiger charge is 2.27. The highest BCUT2D eigenvalue weighted by molar-refractivity contribution is 7.47. The van der Waals surface area contributed by atoms with Crippen LogP contribution in [-0.2, 0) is 32.7 Å². The first kappa shape index (κ1) is 47.9. The molecule has 0 rings (SSSR count). The van der Waals surface area contributed by atoms with Crippen molar-refractivity contribution in [2.75, 3.05) is 26.4 Å². The van der Waals surface area contributed by atoms with Crippen LogP contribution in [0.1, 0.15) is 149 Å². The maximum Gasteiger partial charge on any atom is 0.472 e. The van der Waals surface area contributed by atoms with E-state index < -0.39 is 58.4 Å². The lowest BCUT2D eigenvalue weighted by molar-refractivity contribution is -0.153. The van der Waals surface area contributed by atoms with E-state index in [2.05, 4.69) is 62.5 Å². The molecule has 0 aromatic heterocycles. The lowest BCUT2D eigenvalue weighted by Crippen LogP contribution is -2.28. The van der Waals surface area contributed by atoms with Gasteiger partial charge in [0.25, 0.3) is 0 Å². The van der Waals surface area contributed by atoms with Crippen LogP contribution in [0.15, 0.2) is 48.6 Å². The molecule has 0 heterocycles. The van der Waals surface area contributed by atoms with Crippen LogP contribution in [0.4, 0.5) is 0 Å². The standard InChI is InChI=1S/C39H69O10P/c1-3-5-7-9-11-13-15-17-19-21-23-25-27-29-31-39(43)49-37(33-41)35-47-50(44,45)46-34-36(32-40)48-38(42)30-28-26-24-22-20-18-16-14-12-10-8-6-4-2/h6,8,12,14-15,17-18,20,36-37,40-41H,3-5,7,9-11,13,16,19,21-35H2,1-2H3,(H,44,45)/b8-6-,14-12-,17-15-,20-18-. The number of hydrogen-bond acceptors (Lipinski definition) is 9. The van der Waals surface area contributed by atoms with Gasteiger partial charge in [0.2, 0.25) is 0 Å². The summed E-state index contributed by atoms with van der Waals surface area (Å²) in [6, 6.07) is 0. The molecule has 50 heavy (non-hydrogen) atoms. The van der Waals surface area contributed by atoms with Gasteiger partial charge in [-0.2, -0.15) is 0 Å². The zero-order valence-corrected chi connectivity index (χ0v) is 32.0. The number of hydrogen-bond donors (Lipinski definition) is 3. The van der Waals surface area contributed by atoms with Crippen molar-refractivity contribution in [1.82, 2.24) is 0 Å². The van der Waals surface area contributed by atoms with Gasteiger partial charge in [-0.1, -0.05) is 114 Å². The summed E-state index contributed by atoms with van der Waals surface area (Å²) in [5.74, 6) is -1.06. The molecule has 0 aliphatic rings. The summed E-state index contributed by atoms with van der Waals surface area (Å²) in [5, 5.41) is 19.1. The van der Waals surface area contributed by atoms with E-state index in [1.54, 1.807) is 0 Å². The molecule has 3 N–H and O–H groups in total. The summed E-state index contributed by atoms with van der Waals surface area (Å²) in [6.45, 7) is 2.01. The SMILES string of the molecule is CC/C=C\C/C=C\C/C=C\CCCCCC(=O)OC(CO)COP(=O)(O)OCC(CO)OC(=O)CCCCCCC/C=C\CCCCCCC. The molecule has 3 atom stereocenters. The maximum absolute atomic E-state index is 12.3. The van der Waals surface area contributed by atoms with E-state index in [1.165, 1.54) is 32.1 Å². The van der Waals surface area contributed by atoms with Crippen molar-refractivity contribution < 1.29 is 47.8 Å². The highest BCUT2D eigenvalue weighted by Crippen LogP contribution is 2.43. The van der Waals surface area contributed by atoms with Gasteiger partial charge >= 0.3 is 19.8 Å². The first-order valence-electron chi connectivity index (χ1n) is 19.1. The molecule has 0 aromatic rings. The number of allylic oxidation sites excluding steroid dienone is 8. The quantitative estimate of drug-likeness (QED) is 0.0249. The monoisotopic (exact) mass is 728 g/mol. The van der Waals surface area contributed by atoms with Crippen LogP contribution < -0.4 is 0 Å². The Morgan fingerprint density at radius 2 is 0.940 bits per heavy atom. The van der Waals surface area contributed by atoms with Crippen LogP contribution in [0.2, 0.25) is 0 Å². The Morgan fingerprint density at radius 3 is 1.40 bits per heavy atom. The van der Waals surface area contributed by atoms with Crippen LogP contribution >= 0.6 is 7.82 Å². The Hall–Kier alpha value is -2.07. The van der Waals surface area contributed by atoms with Gasteiger partial charge in [-0.15, -0.1) is 0 Å². The molecule has 0 aliphatic carbocycles. The summed E-state index contributed by atoms with van der Waals surface area (Å²) >= 11 is 0. The molecule has 0 bridgehead atoms. The number of unbranched alkanes of at least 4 members (excludes halogenated alkanes) is 13. The molecular formula is C39H69O10P. The Morgan fingerprint density at radius 1 is 0.560 bits per heavy atom. The van der Waals surface area contributed by atoms with Crippen molar-refractivity contribution in [3.8, 4) is 0 Å². The lowest BCUT2D eigenvalue weighted by Gasteiger charge is -2.20. The number of phosphoric ester groups is 1. The minimum atomic E-state index is -4.64. The lowest BCUT2D eigenvalue weighted by atomic mass is 10.1. The predicted molar refractivity (Wildman–Crippen MR) is 201 cm³/mol. The fourth-order valence-electron chi connectivity index (χ4n) is 4.83. The number of esters is 2. The molecule has 0 saturated carbocycles. The molecule has 0 radical (unpaired) electrons. The molecule has 11 heteroatoms. The zero-order chi connectivity index (χ0) is 37.0. The highest BCUT2D eigenvalue weighted by atomic mass is 31.2. The molecule has 3 unspecified atom stereocenters. The molecule has 0 amide bonds. The second kappa shape index (κ2) is 35.3. The average Bonchev–Trinajstić information content (AvgIpc) is 3.10. The predicted octanol–water partition coefficient (Wildman–Crippen LogP) is 9.38. The van der Waals surface area contributed by atoms with Crippen molar-refractivity contribution in [3.63, 3.8) is 0 Å². The molecular weight excluding hydrogens is 659 g/mol. The van der Waals surface area contributed by atoms with Gasteiger partial charge in [0.1, 0.15) is 12.2 Å². The van der Waals surface area contributed by atoms with E-state index in [0.717, 1.165) is 77.0 Å². The Kier molecular flexibility index (Phi) is 33.9. The third-order valence-electron chi connectivity index (χ3n) is 7.78. The number of carbonyl (C=O) groups is 2. The van der Waals surface area contributed by atoms with Crippen molar-refractivity contribution in [2.45, 2.75) is 161 Å². The summed E-state index contributed by atoms with van der Waals surface area (Å²) in [4.78, 5) is 34.3. The molecule has 0 aliphatic heterocycles. The van der Waals surface area contributed by atoms with E-state index in [9.17, 15) is 29.3 Å². The van der Waals surface area contributed by atoms with Gasteiger partial charge in [-0.05, 0) is 70.6 Å². The van der Waals surface area contributed by atoms with Gasteiger partial charge in [0.15, 0.2) is 0 Å². The third kappa shape index (κ3) is 33.1. The Labute approximate surface area is 303 Å². The fraction of sp³-hybridized carbons (Fsp3) is 0.744. The number of ether oxygens (including phenoxy) is 2. The zero-order valence-electron chi connectivity index (χ0n) is 31.1. The number of rotatable bonds is 35. The topological polar surface area (TPSA) is 149 Å². The molecule has 0 spiro atoms. The average molecular weight is 729 g/mol. The first-order valence-corrected chi connectivity index (χ1v) is 20.6. The summed E-state index contributed by atoms with van der Waals surface area (Å²) in [6.07, 6.45) is 35.2. The van der Waals surface area contributed by atoms with Crippen molar-refractivity contribution in [3.05, 3.63) is 48.6 Å².